The number of para-hydroxylation sites is 1. The van der Waals surface area contributed by atoms with Crippen LogP contribution in [-0.4, -0.2) is 20.9 Å². The number of sulfonamides is 1. The molecule has 0 aliphatic heterocycles. The molecule has 0 bridgehead atoms. The molecule has 0 aliphatic rings. The van der Waals surface area contributed by atoms with Crippen molar-refractivity contribution in [1.29, 1.82) is 0 Å². The maximum atomic E-state index is 12.7. The van der Waals surface area contributed by atoms with Gasteiger partial charge in [-0.15, -0.1) is 0 Å². The first-order valence-corrected chi connectivity index (χ1v) is 11.4. The van der Waals surface area contributed by atoms with Crippen molar-refractivity contribution >= 4 is 33.2 Å². The standard InChI is InChI=1S/C23H23ClN2O3S/c1-17-7-13-22(14-8-17)30(28,29)25-16-19(18-9-11-20(24)12-10-18)15-23(27)26-21-5-3-2-4-6-21/h2-14,19,25H,15-16H2,1H3,(H,26,27). The molecular weight excluding hydrogens is 420 g/mol. The molecule has 1 atom stereocenters. The Labute approximate surface area is 182 Å². The van der Waals surface area contributed by atoms with Gasteiger partial charge in [0.25, 0.3) is 0 Å². The largest absolute Gasteiger partial charge is 0.326 e. The molecule has 0 saturated carbocycles. The fraction of sp³-hybridized carbons (Fsp3) is 0.174. The quantitative estimate of drug-likeness (QED) is 0.529. The number of amides is 1. The number of rotatable bonds is 8. The molecule has 1 unspecified atom stereocenters. The Hall–Kier alpha value is -2.67. The summed E-state index contributed by atoms with van der Waals surface area (Å²) >= 11 is 5.98. The molecule has 30 heavy (non-hydrogen) atoms. The number of hydrogen-bond donors (Lipinski definition) is 2. The molecule has 0 aromatic heterocycles. The molecule has 0 spiro atoms. The van der Waals surface area contributed by atoms with Crippen molar-refractivity contribution in [2.45, 2.75) is 24.2 Å². The van der Waals surface area contributed by atoms with Crippen LogP contribution in [0.4, 0.5) is 5.69 Å². The number of nitrogens with one attached hydrogen (secondary N) is 2. The van der Waals surface area contributed by atoms with E-state index in [-0.39, 0.29) is 29.7 Å². The van der Waals surface area contributed by atoms with E-state index in [4.69, 9.17) is 11.6 Å². The summed E-state index contributed by atoms with van der Waals surface area (Å²) in [6.07, 6.45) is 0.118. The van der Waals surface area contributed by atoms with Crippen LogP contribution in [0.3, 0.4) is 0 Å². The zero-order valence-electron chi connectivity index (χ0n) is 16.5. The highest BCUT2D eigenvalue weighted by atomic mass is 35.5. The monoisotopic (exact) mass is 442 g/mol. The molecule has 2 N–H and O–H groups in total. The SMILES string of the molecule is Cc1ccc(S(=O)(=O)NCC(CC(=O)Nc2ccccc2)c2ccc(Cl)cc2)cc1. The van der Waals surface area contributed by atoms with Gasteiger partial charge < -0.3 is 5.32 Å². The van der Waals surface area contributed by atoms with Crippen molar-refractivity contribution in [3.05, 3.63) is 95.0 Å². The van der Waals surface area contributed by atoms with Crippen LogP contribution >= 0.6 is 11.6 Å². The van der Waals surface area contributed by atoms with Crippen molar-refractivity contribution in [2.24, 2.45) is 0 Å². The zero-order chi connectivity index (χ0) is 21.6. The lowest BCUT2D eigenvalue weighted by Crippen LogP contribution is -2.30. The van der Waals surface area contributed by atoms with Crippen LogP contribution in [0, 0.1) is 6.92 Å². The van der Waals surface area contributed by atoms with Gasteiger partial charge in [-0.3, -0.25) is 4.79 Å². The van der Waals surface area contributed by atoms with E-state index in [1.807, 2.05) is 37.3 Å². The van der Waals surface area contributed by atoms with Crippen molar-refractivity contribution in [3.63, 3.8) is 0 Å². The van der Waals surface area contributed by atoms with Crippen LogP contribution in [0.5, 0.6) is 0 Å². The molecule has 3 aromatic rings. The van der Waals surface area contributed by atoms with E-state index in [1.165, 1.54) is 0 Å². The Bertz CT molecular complexity index is 1080. The first kappa shape index (κ1) is 22.0. The van der Waals surface area contributed by atoms with Gasteiger partial charge in [0.15, 0.2) is 0 Å². The smallest absolute Gasteiger partial charge is 0.240 e. The van der Waals surface area contributed by atoms with Gasteiger partial charge in [-0.25, -0.2) is 13.1 Å². The van der Waals surface area contributed by atoms with E-state index in [0.717, 1.165) is 11.1 Å². The van der Waals surface area contributed by atoms with Crippen molar-refractivity contribution < 1.29 is 13.2 Å². The van der Waals surface area contributed by atoms with Crippen LogP contribution < -0.4 is 10.0 Å². The van der Waals surface area contributed by atoms with Crippen LogP contribution in [0.1, 0.15) is 23.5 Å². The minimum Gasteiger partial charge on any atom is -0.326 e. The minimum absolute atomic E-state index is 0.0834. The Morgan fingerprint density at radius 2 is 1.57 bits per heavy atom. The zero-order valence-corrected chi connectivity index (χ0v) is 18.1. The summed E-state index contributed by atoms with van der Waals surface area (Å²) in [5.41, 5.74) is 2.50. The number of carbonyl (C=O) groups excluding carboxylic acids is 1. The van der Waals surface area contributed by atoms with E-state index in [2.05, 4.69) is 10.0 Å². The highest BCUT2D eigenvalue weighted by Crippen LogP contribution is 2.23. The molecule has 1 amide bonds. The van der Waals surface area contributed by atoms with Gasteiger partial charge in [0.05, 0.1) is 4.90 Å². The van der Waals surface area contributed by atoms with E-state index < -0.39 is 10.0 Å². The molecule has 7 heteroatoms. The van der Waals surface area contributed by atoms with Crippen molar-refractivity contribution in [1.82, 2.24) is 4.72 Å². The van der Waals surface area contributed by atoms with Gasteiger partial charge in [-0.05, 0) is 48.9 Å². The van der Waals surface area contributed by atoms with Gasteiger partial charge in [-0.2, -0.15) is 0 Å². The normalized spacial score (nSPS) is 12.3. The van der Waals surface area contributed by atoms with E-state index in [0.29, 0.717) is 10.7 Å². The third-order valence-electron chi connectivity index (χ3n) is 4.68. The lowest BCUT2D eigenvalue weighted by atomic mass is 9.95. The average Bonchev–Trinajstić information content (AvgIpc) is 2.73. The highest BCUT2D eigenvalue weighted by molar-refractivity contribution is 7.89. The van der Waals surface area contributed by atoms with Crippen LogP contribution in [0.2, 0.25) is 5.02 Å². The first-order valence-electron chi connectivity index (χ1n) is 9.50. The summed E-state index contributed by atoms with van der Waals surface area (Å²) in [6, 6.07) is 22.8. The van der Waals surface area contributed by atoms with E-state index in [9.17, 15) is 13.2 Å². The second-order valence-corrected chi connectivity index (χ2v) is 9.24. The van der Waals surface area contributed by atoms with Crippen molar-refractivity contribution in [3.8, 4) is 0 Å². The van der Waals surface area contributed by atoms with Crippen LogP contribution in [-0.2, 0) is 14.8 Å². The second kappa shape index (κ2) is 9.89. The molecule has 0 heterocycles. The number of anilines is 1. The molecule has 0 radical (unpaired) electrons. The fourth-order valence-corrected chi connectivity index (χ4v) is 4.22. The summed E-state index contributed by atoms with van der Waals surface area (Å²) in [5, 5.41) is 3.42. The minimum atomic E-state index is -3.69. The molecule has 3 rings (SSSR count). The van der Waals surface area contributed by atoms with E-state index >= 15 is 0 Å². The maximum absolute atomic E-state index is 12.7. The maximum Gasteiger partial charge on any atom is 0.240 e. The lowest BCUT2D eigenvalue weighted by Gasteiger charge is -2.18. The number of benzene rings is 3. The predicted octanol–water partition coefficient (Wildman–Crippen LogP) is 4.74. The molecular formula is C23H23ClN2O3S. The summed E-state index contributed by atoms with van der Waals surface area (Å²) < 4.78 is 28.0. The predicted molar refractivity (Wildman–Crippen MR) is 120 cm³/mol. The van der Waals surface area contributed by atoms with Crippen LogP contribution in [0.15, 0.2) is 83.8 Å². The van der Waals surface area contributed by atoms with E-state index in [1.54, 1.807) is 48.5 Å². The van der Waals surface area contributed by atoms with Gasteiger partial charge in [0.2, 0.25) is 15.9 Å². The third-order valence-corrected chi connectivity index (χ3v) is 6.37. The fourth-order valence-electron chi connectivity index (χ4n) is 3.01. The molecule has 5 nitrogen and oxygen atoms in total. The summed E-state index contributed by atoms with van der Waals surface area (Å²) in [6.45, 7) is 1.98. The number of aryl methyl sites for hydroxylation is 1. The lowest BCUT2D eigenvalue weighted by molar-refractivity contribution is -0.116. The Balaban J connectivity index is 1.75. The molecule has 0 aliphatic carbocycles. The number of halogens is 1. The molecule has 0 fully saturated rings. The molecule has 156 valence electrons. The summed E-state index contributed by atoms with van der Waals surface area (Å²) in [5.74, 6) is -0.554. The second-order valence-electron chi connectivity index (χ2n) is 7.03. The topological polar surface area (TPSA) is 75.3 Å². The summed E-state index contributed by atoms with van der Waals surface area (Å²) in [4.78, 5) is 12.8. The Morgan fingerprint density at radius 1 is 0.933 bits per heavy atom. The number of hydrogen-bond acceptors (Lipinski definition) is 3. The Kier molecular flexibility index (Phi) is 7.26. The molecule has 3 aromatic carbocycles. The van der Waals surface area contributed by atoms with Gasteiger partial charge in [-0.1, -0.05) is 59.6 Å². The summed E-state index contributed by atoms with van der Waals surface area (Å²) in [7, 11) is -3.69. The van der Waals surface area contributed by atoms with Gasteiger partial charge >= 0.3 is 0 Å². The third kappa shape index (κ3) is 6.16. The molecule has 0 saturated heterocycles. The highest BCUT2D eigenvalue weighted by Gasteiger charge is 2.21. The Morgan fingerprint density at radius 3 is 2.20 bits per heavy atom. The van der Waals surface area contributed by atoms with Gasteiger partial charge in [0.1, 0.15) is 0 Å². The van der Waals surface area contributed by atoms with Crippen molar-refractivity contribution in [2.75, 3.05) is 11.9 Å². The number of carbonyl (C=O) groups is 1. The van der Waals surface area contributed by atoms with Gasteiger partial charge in [0, 0.05) is 29.6 Å². The first-order chi connectivity index (χ1) is 14.3. The van der Waals surface area contributed by atoms with Crippen LogP contribution in [0.25, 0.3) is 0 Å². The average molecular weight is 443 g/mol.